The highest BCUT2D eigenvalue weighted by atomic mass is 16.7. The first-order valence-electron chi connectivity index (χ1n) is 11.7. The molecule has 0 aliphatic carbocycles. The Morgan fingerprint density at radius 3 is 2.17 bits per heavy atom. The molecule has 0 radical (unpaired) electrons. The van der Waals surface area contributed by atoms with E-state index in [0.29, 0.717) is 13.1 Å². The van der Waals surface area contributed by atoms with Gasteiger partial charge >= 0.3 is 5.97 Å². The summed E-state index contributed by atoms with van der Waals surface area (Å²) in [5.41, 5.74) is 5.25. The van der Waals surface area contributed by atoms with Crippen molar-refractivity contribution in [2.24, 2.45) is 0 Å². The van der Waals surface area contributed by atoms with Gasteiger partial charge in [-0.15, -0.1) is 0 Å². The Morgan fingerprint density at radius 1 is 0.857 bits per heavy atom. The van der Waals surface area contributed by atoms with Gasteiger partial charge in [0, 0.05) is 11.3 Å². The lowest BCUT2D eigenvalue weighted by Gasteiger charge is -2.25. The average molecular weight is 463 g/mol. The Hall–Kier alpha value is -4.38. The number of benzene rings is 4. The number of para-hydroxylation sites is 1. The zero-order valence-corrected chi connectivity index (χ0v) is 19.5. The molecule has 174 valence electrons. The number of hydroxylamine groups is 1. The summed E-state index contributed by atoms with van der Waals surface area (Å²) in [6.07, 6.45) is 0. The fourth-order valence-electron chi connectivity index (χ4n) is 4.25. The van der Waals surface area contributed by atoms with Crippen molar-refractivity contribution in [3.8, 4) is 0 Å². The van der Waals surface area contributed by atoms with E-state index in [4.69, 9.17) is 4.84 Å². The van der Waals surface area contributed by atoms with Crippen LogP contribution in [0.4, 0.5) is 11.4 Å². The number of carbonyl (C=O) groups excluding carboxylic acids is 2. The molecule has 0 aromatic heterocycles. The summed E-state index contributed by atoms with van der Waals surface area (Å²) in [5, 5.41) is 1.63. The van der Waals surface area contributed by atoms with Crippen molar-refractivity contribution in [2.45, 2.75) is 25.9 Å². The molecule has 4 aromatic rings. The summed E-state index contributed by atoms with van der Waals surface area (Å²) < 4.78 is 0. The van der Waals surface area contributed by atoms with Crippen LogP contribution in [0.2, 0.25) is 0 Å². The first-order valence-corrected chi connectivity index (χ1v) is 11.7. The molecule has 0 bridgehead atoms. The molecule has 5 rings (SSSR count). The summed E-state index contributed by atoms with van der Waals surface area (Å²) in [4.78, 5) is 33.5. The van der Waals surface area contributed by atoms with E-state index in [1.54, 1.807) is 9.96 Å². The van der Waals surface area contributed by atoms with Gasteiger partial charge in [-0.3, -0.25) is 4.79 Å². The topological polar surface area (TPSA) is 49.9 Å². The third-order valence-electron chi connectivity index (χ3n) is 6.29. The van der Waals surface area contributed by atoms with Gasteiger partial charge in [0.05, 0.1) is 24.7 Å². The van der Waals surface area contributed by atoms with Gasteiger partial charge in [-0.05, 0) is 53.9 Å². The molecule has 35 heavy (non-hydrogen) atoms. The van der Waals surface area contributed by atoms with Gasteiger partial charge in [0.25, 0.3) is 5.91 Å². The Kier molecular flexibility index (Phi) is 6.31. The van der Waals surface area contributed by atoms with Crippen LogP contribution in [0.1, 0.15) is 39.9 Å². The van der Waals surface area contributed by atoms with Crippen LogP contribution >= 0.6 is 0 Å². The number of carbonyl (C=O) groups is 2. The highest BCUT2D eigenvalue weighted by Gasteiger charge is 2.28. The summed E-state index contributed by atoms with van der Waals surface area (Å²) in [6, 6.07) is 34.7. The molecule has 0 saturated carbocycles. The molecule has 4 aromatic carbocycles. The predicted molar refractivity (Wildman–Crippen MR) is 137 cm³/mol. The third kappa shape index (κ3) is 4.80. The molecular formula is C30H26N2O3. The number of hydrogen-bond donors (Lipinski definition) is 0. The van der Waals surface area contributed by atoms with Crippen LogP contribution in [0.25, 0.3) is 0 Å². The minimum absolute atomic E-state index is 0.000207. The zero-order chi connectivity index (χ0) is 24.2. The fourth-order valence-corrected chi connectivity index (χ4v) is 4.25. The molecule has 0 saturated heterocycles. The molecule has 1 atom stereocenters. The highest BCUT2D eigenvalue weighted by molar-refractivity contribution is 6.10. The lowest BCUT2D eigenvalue weighted by atomic mass is 10.0. The number of amides is 1. The first kappa shape index (κ1) is 22.4. The minimum atomic E-state index is -0.475. The van der Waals surface area contributed by atoms with Crippen LogP contribution in [-0.4, -0.2) is 11.9 Å². The van der Waals surface area contributed by atoms with Gasteiger partial charge in [-0.2, -0.15) is 0 Å². The Balaban J connectivity index is 1.30. The molecule has 1 aliphatic heterocycles. The Morgan fingerprint density at radius 2 is 1.49 bits per heavy atom. The van der Waals surface area contributed by atoms with Crippen molar-refractivity contribution in [1.82, 2.24) is 0 Å². The van der Waals surface area contributed by atoms with Crippen molar-refractivity contribution in [2.75, 3.05) is 9.96 Å². The second-order valence-electron chi connectivity index (χ2n) is 8.63. The van der Waals surface area contributed by atoms with E-state index in [-0.39, 0.29) is 11.9 Å². The third-order valence-corrected chi connectivity index (χ3v) is 6.29. The van der Waals surface area contributed by atoms with E-state index in [1.165, 1.54) is 0 Å². The Labute approximate surface area is 205 Å². The predicted octanol–water partition coefficient (Wildman–Crippen LogP) is 6.12. The summed E-state index contributed by atoms with van der Waals surface area (Å²) in [6.45, 7) is 2.83. The average Bonchev–Trinajstić information content (AvgIpc) is 3.25. The second-order valence-corrected chi connectivity index (χ2v) is 8.63. The number of rotatable bonds is 7. The molecule has 1 heterocycles. The van der Waals surface area contributed by atoms with Crippen molar-refractivity contribution in [3.05, 3.63) is 131 Å². The maximum absolute atomic E-state index is 13.1. The van der Waals surface area contributed by atoms with E-state index >= 15 is 0 Å². The van der Waals surface area contributed by atoms with Gasteiger partial charge < -0.3 is 9.74 Å². The molecule has 0 N–H and O–H groups in total. The lowest BCUT2D eigenvalue weighted by molar-refractivity contribution is -0.146. The zero-order valence-electron chi connectivity index (χ0n) is 19.5. The van der Waals surface area contributed by atoms with Crippen LogP contribution in [-0.2, 0) is 22.7 Å². The smallest absolute Gasteiger partial charge is 0.339 e. The largest absolute Gasteiger partial charge is 0.340 e. The normalized spacial score (nSPS) is 13.3. The van der Waals surface area contributed by atoms with E-state index < -0.39 is 5.92 Å². The van der Waals surface area contributed by atoms with E-state index in [2.05, 4.69) is 0 Å². The number of anilines is 2. The van der Waals surface area contributed by atoms with Crippen LogP contribution in [0.15, 0.2) is 109 Å². The van der Waals surface area contributed by atoms with Gasteiger partial charge in [0.2, 0.25) is 0 Å². The molecule has 1 unspecified atom stereocenters. The van der Waals surface area contributed by atoms with Crippen LogP contribution in [0.5, 0.6) is 0 Å². The summed E-state index contributed by atoms with van der Waals surface area (Å²) in [7, 11) is 0. The van der Waals surface area contributed by atoms with Gasteiger partial charge in [0.1, 0.15) is 0 Å². The minimum Gasteiger partial charge on any atom is -0.340 e. The van der Waals surface area contributed by atoms with Crippen LogP contribution < -0.4 is 9.96 Å². The van der Waals surface area contributed by atoms with Crippen molar-refractivity contribution < 1.29 is 14.4 Å². The second kappa shape index (κ2) is 9.85. The number of hydrogen-bond acceptors (Lipinski definition) is 4. The summed E-state index contributed by atoms with van der Waals surface area (Å²) >= 11 is 0. The molecule has 1 aliphatic rings. The molecular weight excluding hydrogens is 436 g/mol. The van der Waals surface area contributed by atoms with Crippen LogP contribution in [0, 0.1) is 0 Å². The van der Waals surface area contributed by atoms with Crippen molar-refractivity contribution in [1.29, 1.82) is 0 Å². The molecule has 5 heteroatoms. The van der Waals surface area contributed by atoms with E-state index in [9.17, 15) is 9.59 Å². The quantitative estimate of drug-likeness (QED) is 0.311. The monoisotopic (exact) mass is 462 g/mol. The van der Waals surface area contributed by atoms with Gasteiger partial charge in [-0.1, -0.05) is 78.9 Å². The van der Waals surface area contributed by atoms with Gasteiger partial charge in [-0.25, -0.2) is 9.86 Å². The maximum Gasteiger partial charge on any atom is 0.339 e. The van der Waals surface area contributed by atoms with E-state index in [1.807, 2.05) is 116 Å². The fraction of sp³-hybridized carbons (Fsp3) is 0.133. The highest BCUT2D eigenvalue weighted by Crippen LogP contribution is 2.30. The first-order chi connectivity index (χ1) is 17.1. The molecule has 1 amide bonds. The summed E-state index contributed by atoms with van der Waals surface area (Å²) in [5.74, 6) is -0.820. The van der Waals surface area contributed by atoms with Crippen molar-refractivity contribution >= 4 is 23.3 Å². The maximum atomic E-state index is 13.1. The van der Waals surface area contributed by atoms with Gasteiger partial charge in [0.15, 0.2) is 0 Å². The van der Waals surface area contributed by atoms with Crippen LogP contribution in [0.3, 0.4) is 0 Å². The molecule has 5 nitrogen and oxygen atoms in total. The molecule has 0 spiro atoms. The lowest BCUT2D eigenvalue weighted by Crippen LogP contribution is -2.29. The SMILES string of the molecule is CC(C(=O)ON(Cc1ccccc1)c1ccccc1)c1ccc(N2Cc3ccccc3C2=O)cc1. The standard InChI is InChI=1S/C30H26N2O3/c1-22(24-16-18-26(19-17-24)31-21-25-12-8-9-15-28(25)29(31)33)30(34)35-32(27-13-6-3-7-14-27)20-23-10-4-2-5-11-23/h2-19,22H,20-21H2,1H3. The Bertz CT molecular complexity index is 1320. The number of nitrogens with zero attached hydrogens (tertiary/aromatic N) is 2. The molecule has 0 fully saturated rings. The van der Waals surface area contributed by atoms with E-state index in [0.717, 1.165) is 33.6 Å². The number of fused-ring (bicyclic) bond motifs is 1. The van der Waals surface area contributed by atoms with Crippen molar-refractivity contribution in [3.63, 3.8) is 0 Å².